The molecule has 5 nitrogen and oxygen atoms in total. The van der Waals surface area contributed by atoms with Crippen LogP contribution in [0.1, 0.15) is 56.2 Å². The van der Waals surface area contributed by atoms with E-state index in [0.717, 1.165) is 24.3 Å². The Morgan fingerprint density at radius 3 is 1.87 bits per heavy atom. The van der Waals surface area contributed by atoms with E-state index in [1.807, 2.05) is 30.9 Å². The summed E-state index contributed by atoms with van der Waals surface area (Å²) >= 11 is 0. The number of piperazine rings is 1. The van der Waals surface area contributed by atoms with Crippen molar-refractivity contribution in [3.05, 3.63) is 94.3 Å². The summed E-state index contributed by atoms with van der Waals surface area (Å²) in [6.07, 6.45) is 0. The van der Waals surface area contributed by atoms with Gasteiger partial charge in [-0.25, -0.2) is 0 Å². The minimum Gasteiger partial charge on any atom is -0.354 e. The smallest absolute Gasteiger partial charge is 0.270 e. The first-order chi connectivity index (χ1) is 15.0. The van der Waals surface area contributed by atoms with Crippen LogP contribution in [0.15, 0.2) is 60.7 Å². The van der Waals surface area contributed by atoms with Gasteiger partial charge in [-0.1, -0.05) is 60.7 Å². The number of aromatic nitrogens is 1. The van der Waals surface area contributed by atoms with Gasteiger partial charge in [0.25, 0.3) is 5.91 Å². The second-order valence-corrected chi connectivity index (χ2v) is 8.39. The van der Waals surface area contributed by atoms with E-state index < -0.39 is 0 Å². The number of hydrogen-bond donors (Lipinski definition) is 2. The van der Waals surface area contributed by atoms with Crippen molar-refractivity contribution >= 4 is 11.7 Å². The number of carbonyl (C=O) groups excluding carboxylic acids is 2. The van der Waals surface area contributed by atoms with Crippen LogP contribution in [-0.2, 0) is 0 Å². The number of rotatable bonds is 5. The third-order valence-electron chi connectivity index (χ3n) is 6.37. The summed E-state index contributed by atoms with van der Waals surface area (Å²) in [5.74, 6) is -0.0174. The molecule has 1 aliphatic heterocycles. The number of H-pyrrole nitrogens is 1. The SMILES string of the molecule is CC(=O)c1c(C)[nH]c(C(=O)N2CC[NH+](C(c3ccccc3)c3ccccc3)CC2)c1C. The van der Waals surface area contributed by atoms with Crippen molar-refractivity contribution in [3.63, 3.8) is 0 Å². The molecule has 0 saturated carbocycles. The maximum Gasteiger partial charge on any atom is 0.270 e. The molecule has 1 aromatic heterocycles. The maximum atomic E-state index is 13.2. The lowest BCUT2D eigenvalue weighted by Gasteiger charge is -2.37. The lowest BCUT2D eigenvalue weighted by Crippen LogP contribution is -3.15. The summed E-state index contributed by atoms with van der Waals surface area (Å²) < 4.78 is 0. The van der Waals surface area contributed by atoms with E-state index in [9.17, 15) is 9.59 Å². The number of quaternary nitrogens is 1. The van der Waals surface area contributed by atoms with Gasteiger partial charge in [0.2, 0.25) is 0 Å². The van der Waals surface area contributed by atoms with Crippen LogP contribution in [0.5, 0.6) is 0 Å². The fraction of sp³-hybridized carbons (Fsp3) is 0.308. The molecule has 2 aromatic carbocycles. The van der Waals surface area contributed by atoms with E-state index in [4.69, 9.17) is 0 Å². The predicted octanol–water partition coefficient (Wildman–Crippen LogP) is 2.96. The standard InChI is InChI=1S/C26H29N3O2/c1-18-23(20(3)30)19(2)27-24(18)26(31)29-16-14-28(15-17-29)25(21-10-6-4-7-11-21)22-12-8-5-9-13-22/h4-13,25,27H,14-17H2,1-3H3/p+1. The molecule has 3 aromatic rings. The third kappa shape index (κ3) is 4.19. The Balaban J connectivity index is 1.53. The molecule has 0 atom stereocenters. The predicted molar refractivity (Wildman–Crippen MR) is 122 cm³/mol. The third-order valence-corrected chi connectivity index (χ3v) is 6.37. The van der Waals surface area contributed by atoms with Gasteiger partial charge in [-0.2, -0.15) is 0 Å². The van der Waals surface area contributed by atoms with Crippen LogP contribution in [-0.4, -0.2) is 47.8 Å². The van der Waals surface area contributed by atoms with E-state index in [1.165, 1.54) is 16.0 Å². The zero-order chi connectivity index (χ0) is 22.0. The topological polar surface area (TPSA) is 57.6 Å². The molecule has 31 heavy (non-hydrogen) atoms. The molecule has 2 heterocycles. The molecule has 0 unspecified atom stereocenters. The normalized spacial score (nSPS) is 14.8. The molecule has 0 aliphatic carbocycles. The molecule has 4 rings (SSSR count). The van der Waals surface area contributed by atoms with E-state index in [0.29, 0.717) is 24.3 Å². The number of nitrogens with one attached hydrogen (secondary N) is 2. The largest absolute Gasteiger partial charge is 0.354 e. The lowest BCUT2D eigenvalue weighted by atomic mass is 9.96. The van der Waals surface area contributed by atoms with Gasteiger partial charge in [-0.05, 0) is 26.3 Å². The van der Waals surface area contributed by atoms with E-state index in [1.54, 1.807) is 6.92 Å². The van der Waals surface area contributed by atoms with Crippen LogP contribution in [0.25, 0.3) is 0 Å². The highest BCUT2D eigenvalue weighted by Crippen LogP contribution is 2.21. The van der Waals surface area contributed by atoms with Gasteiger partial charge in [-0.15, -0.1) is 0 Å². The van der Waals surface area contributed by atoms with Gasteiger partial charge < -0.3 is 14.8 Å². The molecular weight excluding hydrogens is 386 g/mol. The van der Waals surface area contributed by atoms with Crippen LogP contribution in [0, 0.1) is 13.8 Å². The number of Topliss-reactive ketones (excluding diaryl/α,β-unsaturated/α-hetero) is 1. The summed E-state index contributed by atoms with van der Waals surface area (Å²) in [6.45, 7) is 8.39. The first-order valence-electron chi connectivity index (χ1n) is 10.9. The van der Waals surface area contributed by atoms with Gasteiger partial charge in [0.05, 0.1) is 26.2 Å². The Bertz CT molecular complexity index is 1030. The number of amides is 1. The zero-order valence-electron chi connectivity index (χ0n) is 18.4. The van der Waals surface area contributed by atoms with Crippen LogP contribution in [0.3, 0.4) is 0 Å². The maximum absolute atomic E-state index is 13.2. The molecule has 1 fully saturated rings. The van der Waals surface area contributed by atoms with Gasteiger partial charge in [0.15, 0.2) is 5.78 Å². The monoisotopic (exact) mass is 416 g/mol. The van der Waals surface area contributed by atoms with Crippen molar-refractivity contribution in [2.24, 2.45) is 0 Å². The summed E-state index contributed by atoms with van der Waals surface area (Å²) in [5, 5.41) is 0. The Morgan fingerprint density at radius 1 is 0.903 bits per heavy atom. The van der Waals surface area contributed by atoms with Crippen molar-refractivity contribution in [2.45, 2.75) is 26.8 Å². The second-order valence-electron chi connectivity index (χ2n) is 8.39. The molecule has 2 N–H and O–H groups in total. The Hall–Kier alpha value is -3.18. The van der Waals surface area contributed by atoms with Crippen LogP contribution >= 0.6 is 0 Å². The van der Waals surface area contributed by atoms with E-state index >= 15 is 0 Å². The van der Waals surface area contributed by atoms with Gasteiger partial charge in [0, 0.05) is 22.4 Å². The number of benzene rings is 2. The van der Waals surface area contributed by atoms with Crippen molar-refractivity contribution in [1.82, 2.24) is 9.88 Å². The first kappa shape index (κ1) is 21.1. The number of carbonyl (C=O) groups is 2. The average Bonchev–Trinajstić information content (AvgIpc) is 3.09. The highest BCUT2D eigenvalue weighted by Gasteiger charge is 2.33. The van der Waals surface area contributed by atoms with Gasteiger partial charge in [-0.3, -0.25) is 9.59 Å². The first-order valence-corrected chi connectivity index (χ1v) is 10.9. The lowest BCUT2D eigenvalue weighted by molar-refractivity contribution is -0.929. The molecule has 160 valence electrons. The van der Waals surface area contributed by atoms with E-state index in [2.05, 4.69) is 53.5 Å². The van der Waals surface area contributed by atoms with Crippen LogP contribution in [0.4, 0.5) is 0 Å². The summed E-state index contributed by atoms with van der Waals surface area (Å²) in [4.78, 5) is 31.7. The number of nitrogens with zero attached hydrogens (tertiary/aromatic N) is 1. The fourth-order valence-corrected chi connectivity index (χ4v) is 4.89. The van der Waals surface area contributed by atoms with Crippen molar-refractivity contribution < 1.29 is 14.5 Å². The van der Waals surface area contributed by atoms with Crippen LogP contribution in [0.2, 0.25) is 0 Å². The Morgan fingerprint density at radius 2 is 1.42 bits per heavy atom. The van der Waals surface area contributed by atoms with Gasteiger partial charge in [0.1, 0.15) is 11.7 Å². The zero-order valence-corrected chi connectivity index (χ0v) is 18.4. The highest BCUT2D eigenvalue weighted by molar-refractivity contribution is 6.02. The average molecular weight is 417 g/mol. The summed E-state index contributed by atoms with van der Waals surface area (Å²) in [6, 6.07) is 21.5. The molecule has 0 radical (unpaired) electrons. The second kappa shape index (κ2) is 8.90. The van der Waals surface area contributed by atoms with Crippen LogP contribution < -0.4 is 4.90 Å². The molecule has 1 amide bonds. The van der Waals surface area contributed by atoms with Crippen molar-refractivity contribution in [2.75, 3.05) is 26.2 Å². The quantitative estimate of drug-likeness (QED) is 0.629. The Kier molecular flexibility index (Phi) is 6.05. The number of hydrogen-bond acceptors (Lipinski definition) is 2. The number of aryl methyl sites for hydroxylation is 1. The molecule has 1 aliphatic rings. The van der Waals surface area contributed by atoms with Crippen molar-refractivity contribution in [1.29, 1.82) is 0 Å². The minimum absolute atomic E-state index is 0.00636. The Labute approximate surface area is 183 Å². The number of aromatic amines is 1. The molecule has 0 spiro atoms. The summed E-state index contributed by atoms with van der Waals surface area (Å²) in [7, 11) is 0. The fourth-order valence-electron chi connectivity index (χ4n) is 4.89. The molecule has 1 saturated heterocycles. The molecular formula is C26H30N3O2+. The molecule has 5 heteroatoms. The highest BCUT2D eigenvalue weighted by atomic mass is 16.2. The number of ketones is 1. The summed E-state index contributed by atoms with van der Waals surface area (Å²) in [5.41, 5.74) is 5.31. The molecule has 0 bridgehead atoms. The van der Waals surface area contributed by atoms with Crippen molar-refractivity contribution in [3.8, 4) is 0 Å². The van der Waals surface area contributed by atoms with E-state index in [-0.39, 0.29) is 17.7 Å². The minimum atomic E-state index is -0.0110. The van der Waals surface area contributed by atoms with Gasteiger partial charge >= 0.3 is 0 Å².